The number of aryl methyl sites for hydroxylation is 1. The summed E-state index contributed by atoms with van der Waals surface area (Å²) in [5.74, 6) is -0.255. The predicted octanol–water partition coefficient (Wildman–Crippen LogP) is 1.97. The Bertz CT molecular complexity index is 710. The topological polar surface area (TPSA) is 61.2 Å². The highest BCUT2D eigenvalue weighted by atomic mass is 32.2. The molecule has 0 saturated carbocycles. The van der Waals surface area contributed by atoms with E-state index in [1.54, 1.807) is 36.1 Å². The molecule has 0 bridgehead atoms. The lowest BCUT2D eigenvalue weighted by atomic mass is 10.1. The number of nitrogens with zero attached hydrogens (tertiary/aromatic N) is 2. The fourth-order valence-corrected chi connectivity index (χ4v) is 2.11. The Morgan fingerprint density at radius 3 is 2.80 bits per heavy atom. The van der Waals surface area contributed by atoms with Gasteiger partial charge in [0.2, 0.25) is 0 Å². The molecule has 0 N–H and O–H groups in total. The largest absolute Gasteiger partial charge is 0.334 e. The van der Waals surface area contributed by atoms with Gasteiger partial charge in [-0.2, -0.15) is 8.42 Å². The molecule has 0 fully saturated rings. The standard InChI is InChI=1S/C13H15FN2O3S/c1-10-7-11(3-4-12(10)14)13-8-16(9-15-13)5-6-19-20(2,17)18/h3-4,7-9H,5-6H2,1-2H3. The van der Waals surface area contributed by atoms with Crippen molar-refractivity contribution in [2.24, 2.45) is 0 Å². The van der Waals surface area contributed by atoms with Crippen molar-refractivity contribution in [1.82, 2.24) is 9.55 Å². The highest BCUT2D eigenvalue weighted by Gasteiger charge is 2.06. The van der Waals surface area contributed by atoms with Crippen LogP contribution in [0.5, 0.6) is 0 Å². The maximum absolute atomic E-state index is 13.2. The number of aromatic nitrogens is 2. The van der Waals surface area contributed by atoms with Gasteiger partial charge in [-0.05, 0) is 30.7 Å². The summed E-state index contributed by atoms with van der Waals surface area (Å²) in [7, 11) is -3.43. The second kappa shape index (κ2) is 5.72. The van der Waals surface area contributed by atoms with Gasteiger partial charge in [-0.3, -0.25) is 4.18 Å². The lowest BCUT2D eigenvalue weighted by Crippen LogP contribution is -2.09. The summed E-state index contributed by atoms with van der Waals surface area (Å²) in [4.78, 5) is 4.21. The van der Waals surface area contributed by atoms with Gasteiger partial charge in [0.1, 0.15) is 5.82 Å². The second-order valence-corrected chi connectivity index (χ2v) is 6.13. The van der Waals surface area contributed by atoms with Gasteiger partial charge < -0.3 is 4.57 Å². The third-order valence-corrected chi connectivity index (χ3v) is 3.33. The van der Waals surface area contributed by atoms with E-state index in [2.05, 4.69) is 9.17 Å². The van der Waals surface area contributed by atoms with Crippen molar-refractivity contribution in [3.05, 3.63) is 42.1 Å². The maximum atomic E-state index is 13.2. The van der Waals surface area contributed by atoms with E-state index in [4.69, 9.17) is 0 Å². The van der Waals surface area contributed by atoms with E-state index in [0.717, 1.165) is 11.8 Å². The van der Waals surface area contributed by atoms with Crippen LogP contribution in [0.25, 0.3) is 11.3 Å². The first-order valence-corrected chi connectivity index (χ1v) is 7.79. The average Bonchev–Trinajstić information content (AvgIpc) is 2.80. The number of hydrogen-bond acceptors (Lipinski definition) is 4. The van der Waals surface area contributed by atoms with Crippen molar-refractivity contribution in [1.29, 1.82) is 0 Å². The number of rotatable bonds is 5. The van der Waals surface area contributed by atoms with Crippen LogP contribution in [-0.4, -0.2) is 30.8 Å². The zero-order valence-corrected chi connectivity index (χ0v) is 12.0. The molecule has 7 heteroatoms. The molecule has 0 amide bonds. The molecule has 0 aliphatic rings. The van der Waals surface area contributed by atoms with E-state index in [1.165, 1.54) is 6.07 Å². The molecule has 0 radical (unpaired) electrons. The Kier molecular flexibility index (Phi) is 4.20. The summed E-state index contributed by atoms with van der Waals surface area (Å²) in [6, 6.07) is 4.77. The summed E-state index contributed by atoms with van der Waals surface area (Å²) in [5, 5.41) is 0. The Morgan fingerprint density at radius 1 is 1.40 bits per heavy atom. The molecule has 5 nitrogen and oxygen atoms in total. The molecule has 2 rings (SSSR count). The molecule has 0 aliphatic heterocycles. The summed E-state index contributed by atoms with van der Waals surface area (Å²) in [6.07, 6.45) is 4.35. The first-order valence-electron chi connectivity index (χ1n) is 5.98. The Balaban J connectivity index is 2.06. The van der Waals surface area contributed by atoms with Gasteiger partial charge in [0, 0.05) is 18.3 Å². The van der Waals surface area contributed by atoms with Crippen molar-refractivity contribution in [3.8, 4) is 11.3 Å². The minimum Gasteiger partial charge on any atom is -0.334 e. The molecule has 1 aromatic carbocycles. The predicted molar refractivity (Wildman–Crippen MR) is 73.2 cm³/mol. The summed E-state index contributed by atoms with van der Waals surface area (Å²) in [5.41, 5.74) is 2.07. The lowest BCUT2D eigenvalue weighted by molar-refractivity contribution is 0.304. The molecule has 0 spiro atoms. The van der Waals surface area contributed by atoms with Crippen molar-refractivity contribution < 1.29 is 17.0 Å². The smallest absolute Gasteiger partial charge is 0.264 e. The highest BCUT2D eigenvalue weighted by Crippen LogP contribution is 2.19. The van der Waals surface area contributed by atoms with Crippen LogP contribution in [0.1, 0.15) is 5.56 Å². The molecular weight excluding hydrogens is 283 g/mol. The molecule has 1 aromatic heterocycles. The third kappa shape index (κ3) is 3.88. The van der Waals surface area contributed by atoms with E-state index in [-0.39, 0.29) is 12.4 Å². The van der Waals surface area contributed by atoms with Gasteiger partial charge in [-0.15, -0.1) is 0 Å². The maximum Gasteiger partial charge on any atom is 0.264 e. The Hall–Kier alpha value is -1.73. The van der Waals surface area contributed by atoms with E-state index in [1.807, 2.05) is 0 Å². The van der Waals surface area contributed by atoms with Crippen LogP contribution in [-0.2, 0) is 20.8 Å². The molecule has 20 heavy (non-hydrogen) atoms. The summed E-state index contributed by atoms with van der Waals surface area (Å²) >= 11 is 0. The fraction of sp³-hybridized carbons (Fsp3) is 0.308. The van der Waals surface area contributed by atoms with Gasteiger partial charge >= 0.3 is 0 Å². The van der Waals surface area contributed by atoms with Crippen LogP contribution in [0.3, 0.4) is 0 Å². The normalized spacial score (nSPS) is 11.8. The number of hydrogen-bond donors (Lipinski definition) is 0. The second-order valence-electron chi connectivity index (χ2n) is 4.49. The van der Waals surface area contributed by atoms with Crippen LogP contribution in [0.4, 0.5) is 4.39 Å². The Morgan fingerprint density at radius 2 is 2.15 bits per heavy atom. The van der Waals surface area contributed by atoms with Crippen LogP contribution >= 0.6 is 0 Å². The lowest BCUT2D eigenvalue weighted by Gasteiger charge is -2.02. The minimum atomic E-state index is -3.43. The fourth-order valence-electron chi connectivity index (χ4n) is 1.73. The van der Waals surface area contributed by atoms with E-state index in [9.17, 15) is 12.8 Å². The van der Waals surface area contributed by atoms with Gasteiger partial charge in [-0.1, -0.05) is 0 Å². The zero-order chi connectivity index (χ0) is 14.8. The van der Waals surface area contributed by atoms with E-state index < -0.39 is 10.1 Å². The van der Waals surface area contributed by atoms with Gasteiger partial charge in [0.05, 0.1) is 24.9 Å². The molecule has 0 aliphatic carbocycles. The Labute approximate surface area is 117 Å². The van der Waals surface area contributed by atoms with Gasteiger partial charge in [0.15, 0.2) is 0 Å². The van der Waals surface area contributed by atoms with E-state index in [0.29, 0.717) is 17.8 Å². The first kappa shape index (κ1) is 14.7. The van der Waals surface area contributed by atoms with Crippen molar-refractivity contribution in [3.63, 3.8) is 0 Å². The summed E-state index contributed by atoms with van der Waals surface area (Å²) in [6.45, 7) is 2.12. The molecule has 1 heterocycles. The number of halogens is 1. The van der Waals surface area contributed by atoms with Crippen molar-refractivity contribution in [2.45, 2.75) is 13.5 Å². The SMILES string of the molecule is Cc1cc(-c2cn(CCOS(C)(=O)=O)cn2)ccc1F. The number of imidazole rings is 1. The van der Waals surface area contributed by atoms with E-state index >= 15 is 0 Å². The van der Waals surface area contributed by atoms with Crippen LogP contribution in [0.2, 0.25) is 0 Å². The molecular formula is C13H15FN2O3S. The quantitative estimate of drug-likeness (QED) is 0.792. The van der Waals surface area contributed by atoms with Crippen LogP contribution in [0, 0.1) is 12.7 Å². The molecule has 108 valence electrons. The van der Waals surface area contributed by atoms with Crippen LogP contribution < -0.4 is 0 Å². The molecule has 0 unspecified atom stereocenters. The minimum absolute atomic E-state index is 0.0527. The molecule has 2 aromatic rings. The van der Waals surface area contributed by atoms with Crippen molar-refractivity contribution in [2.75, 3.05) is 12.9 Å². The molecule has 0 atom stereocenters. The third-order valence-electron chi connectivity index (χ3n) is 2.73. The monoisotopic (exact) mass is 298 g/mol. The summed E-state index contributed by atoms with van der Waals surface area (Å²) < 4.78 is 41.2. The molecule has 0 saturated heterocycles. The first-order chi connectivity index (χ1) is 9.35. The number of benzene rings is 1. The zero-order valence-electron chi connectivity index (χ0n) is 11.2. The van der Waals surface area contributed by atoms with Crippen LogP contribution in [0.15, 0.2) is 30.7 Å². The highest BCUT2D eigenvalue weighted by molar-refractivity contribution is 7.85. The van der Waals surface area contributed by atoms with Gasteiger partial charge in [0.25, 0.3) is 10.1 Å². The van der Waals surface area contributed by atoms with Crippen molar-refractivity contribution >= 4 is 10.1 Å². The average molecular weight is 298 g/mol. The van der Waals surface area contributed by atoms with Gasteiger partial charge in [-0.25, -0.2) is 9.37 Å².